The molecule has 1 fully saturated rings. The molecule has 15 heavy (non-hydrogen) atoms. The molecule has 0 aliphatic carbocycles. The van der Waals surface area contributed by atoms with E-state index in [4.69, 9.17) is 10.5 Å². The van der Waals surface area contributed by atoms with Gasteiger partial charge in [0.05, 0.1) is 12.5 Å². The van der Waals surface area contributed by atoms with E-state index in [1.54, 1.807) is 0 Å². The number of hydrogen-bond donors (Lipinski definition) is 1. The Morgan fingerprint density at radius 1 is 1.60 bits per heavy atom. The summed E-state index contributed by atoms with van der Waals surface area (Å²) in [6.45, 7) is 6.49. The van der Waals surface area contributed by atoms with Gasteiger partial charge >= 0.3 is 5.97 Å². The number of hydrogen-bond acceptors (Lipinski definition) is 4. The standard InChI is InChI=1S/C11H22N2O2/c1-11(2,10(14)15-3)8-13-6-4-5-9(12)7-13/h9H,4-8,12H2,1-3H3/t9-/m1/s1. The lowest BCUT2D eigenvalue weighted by Gasteiger charge is -2.35. The van der Waals surface area contributed by atoms with Crippen molar-refractivity contribution in [2.75, 3.05) is 26.7 Å². The first kappa shape index (κ1) is 12.5. The van der Waals surface area contributed by atoms with Crippen molar-refractivity contribution >= 4 is 5.97 Å². The monoisotopic (exact) mass is 214 g/mol. The van der Waals surface area contributed by atoms with Crippen LogP contribution in [0.15, 0.2) is 0 Å². The molecule has 0 radical (unpaired) electrons. The van der Waals surface area contributed by atoms with Crippen molar-refractivity contribution in [1.82, 2.24) is 4.90 Å². The highest BCUT2D eigenvalue weighted by Crippen LogP contribution is 2.21. The molecule has 1 aliphatic rings. The van der Waals surface area contributed by atoms with Crippen molar-refractivity contribution in [3.05, 3.63) is 0 Å². The lowest BCUT2D eigenvalue weighted by Crippen LogP contribution is -2.48. The predicted molar refractivity (Wildman–Crippen MR) is 59.4 cm³/mol. The normalized spacial score (nSPS) is 23.9. The Kier molecular flexibility index (Phi) is 4.11. The number of nitrogens with zero attached hydrogens (tertiary/aromatic N) is 1. The first-order chi connectivity index (χ1) is 6.95. The zero-order valence-corrected chi connectivity index (χ0v) is 9.95. The fraction of sp³-hybridized carbons (Fsp3) is 0.909. The number of likely N-dealkylation sites (tertiary alicyclic amines) is 1. The molecule has 0 aromatic heterocycles. The van der Waals surface area contributed by atoms with E-state index in [0.717, 1.165) is 32.5 Å². The predicted octanol–water partition coefficient (Wildman–Crippen LogP) is 0.609. The van der Waals surface area contributed by atoms with Crippen LogP contribution in [0, 0.1) is 5.41 Å². The Labute approximate surface area is 91.8 Å². The van der Waals surface area contributed by atoms with Crippen LogP contribution >= 0.6 is 0 Å². The average molecular weight is 214 g/mol. The van der Waals surface area contributed by atoms with Gasteiger partial charge in [-0.1, -0.05) is 0 Å². The SMILES string of the molecule is COC(=O)C(C)(C)CN1CCC[C@@H](N)C1. The van der Waals surface area contributed by atoms with Crippen LogP contribution in [0.25, 0.3) is 0 Å². The van der Waals surface area contributed by atoms with E-state index >= 15 is 0 Å². The molecule has 0 aromatic carbocycles. The number of carbonyl (C=O) groups is 1. The van der Waals surface area contributed by atoms with E-state index in [0.29, 0.717) is 0 Å². The van der Waals surface area contributed by atoms with Crippen LogP contribution in [0.1, 0.15) is 26.7 Å². The number of methoxy groups -OCH3 is 1. The summed E-state index contributed by atoms with van der Waals surface area (Å²) in [5, 5.41) is 0. The van der Waals surface area contributed by atoms with Gasteiger partial charge in [-0.05, 0) is 33.2 Å². The molecule has 4 heteroatoms. The molecule has 2 N–H and O–H groups in total. The fourth-order valence-electron chi connectivity index (χ4n) is 2.13. The van der Waals surface area contributed by atoms with Gasteiger partial charge in [0.15, 0.2) is 0 Å². The molecule has 1 aliphatic heterocycles. The highest BCUT2D eigenvalue weighted by Gasteiger charge is 2.32. The Morgan fingerprint density at radius 3 is 2.80 bits per heavy atom. The number of piperidine rings is 1. The minimum absolute atomic E-state index is 0.151. The third-order valence-electron chi connectivity index (χ3n) is 2.90. The van der Waals surface area contributed by atoms with Gasteiger partial charge in [0.25, 0.3) is 0 Å². The van der Waals surface area contributed by atoms with E-state index < -0.39 is 5.41 Å². The van der Waals surface area contributed by atoms with Gasteiger partial charge in [-0.3, -0.25) is 4.79 Å². The maximum absolute atomic E-state index is 11.5. The molecule has 1 rings (SSSR count). The summed E-state index contributed by atoms with van der Waals surface area (Å²) in [6, 6.07) is 0.257. The lowest BCUT2D eigenvalue weighted by molar-refractivity contribution is -0.152. The molecule has 88 valence electrons. The summed E-state index contributed by atoms with van der Waals surface area (Å²) < 4.78 is 4.79. The largest absolute Gasteiger partial charge is 0.469 e. The van der Waals surface area contributed by atoms with E-state index in [2.05, 4.69) is 4.90 Å². The summed E-state index contributed by atoms with van der Waals surface area (Å²) in [5.74, 6) is -0.151. The molecule has 0 bridgehead atoms. The van der Waals surface area contributed by atoms with Crippen molar-refractivity contribution in [3.63, 3.8) is 0 Å². The molecule has 1 saturated heterocycles. The Hall–Kier alpha value is -0.610. The summed E-state index contributed by atoms with van der Waals surface area (Å²) in [7, 11) is 1.44. The molecular weight excluding hydrogens is 192 g/mol. The van der Waals surface area contributed by atoms with Gasteiger partial charge < -0.3 is 15.4 Å². The smallest absolute Gasteiger partial charge is 0.312 e. The molecule has 0 saturated carbocycles. The minimum Gasteiger partial charge on any atom is -0.469 e. The van der Waals surface area contributed by atoms with Gasteiger partial charge in [-0.15, -0.1) is 0 Å². The second kappa shape index (κ2) is 4.94. The maximum atomic E-state index is 11.5. The number of nitrogens with two attached hydrogens (primary N) is 1. The minimum atomic E-state index is -0.439. The topological polar surface area (TPSA) is 55.6 Å². The highest BCUT2D eigenvalue weighted by atomic mass is 16.5. The van der Waals surface area contributed by atoms with E-state index in [1.165, 1.54) is 7.11 Å². The molecule has 1 atom stereocenters. The molecule has 0 aromatic rings. The van der Waals surface area contributed by atoms with Gasteiger partial charge in [0.2, 0.25) is 0 Å². The van der Waals surface area contributed by atoms with Crippen molar-refractivity contribution in [1.29, 1.82) is 0 Å². The van der Waals surface area contributed by atoms with Crippen molar-refractivity contribution < 1.29 is 9.53 Å². The molecular formula is C11H22N2O2. The van der Waals surface area contributed by atoms with Crippen LogP contribution in [0.2, 0.25) is 0 Å². The van der Waals surface area contributed by atoms with Crippen LogP contribution in [-0.4, -0.2) is 43.7 Å². The number of ether oxygens (including phenoxy) is 1. The first-order valence-corrected chi connectivity index (χ1v) is 5.52. The van der Waals surface area contributed by atoms with E-state index in [9.17, 15) is 4.79 Å². The Bertz CT molecular complexity index is 229. The number of esters is 1. The Morgan fingerprint density at radius 2 is 2.27 bits per heavy atom. The van der Waals surface area contributed by atoms with Gasteiger partial charge in [-0.2, -0.15) is 0 Å². The molecule has 4 nitrogen and oxygen atoms in total. The quantitative estimate of drug-likeness (QED) is 0.699. The summed E-state index contributed by atoms with van der Waals surface area (Å²) >= 11 is 0. The Balaban J connectivity index is 2.49. The third kappa shape index (κ3) is 3.47. The first-order valence-electron chi connectivity index (χ1n) is 5.52. The zero-order chi connectivity index (χ0) is 11.5. The second-order valence-corrected chi connectivity index (χ2v) is 5.01. The number of carbonyl (C=O) groups excluding carboxylic acids is 1. The molecule has 0 spiro atoms. The molecule has 1 heterocycles. The summed E-state index contributed by atoms with van der Waals surface area (Å²) in [5.41, 5.74) is 5.46. The maximum Gasteiger partial charge on any atom is 0.312 e. The lowest BCUT2D eigenvalue weighted by atomic mass is 9.91. The van der Waals surface area contributed by atoms with Crippen LogP contribution in [0.3, 0.4) is 0 Å². The van der Waals surface area contributed by atoms with Crippen molar-refractivity contribution in [2.45, 2.75) is 32.7 Å². The van der Waals surface area contributed by atoms with Gasteiger partial charge in [0, 0.05) is 19.1 Å². The van der Waals surface area contributed by atoms with Crippen LogP contribution in [0.4, 0.5) is 0 Å². The fourth-order valence-corrected chi connectivity index (χ4v) is 2.13. The van der Waals surface area contributed by atoms with E-state index in [-0.39, 0.29) is 12.0 Å². The highest BCUT2D eigenvalue weighted by molar-refractivity contribution is 5.76. The molecule has 0 unspecified atom stereocenters. The third-order valence-corrected chi connectivity index (χ3v) is 2.90. The van der Waals surface area contributed by atoms with Crippen molar-refractivity contribution in [3.8, 4) is 0 Å². The van der Waals surface area contributed by atoms with Crippen LogP contribution < -0.4 is 5.73 Å². The molecule has 0 amide bonds. The van der Waals surface area contributed by atoms with Gasteiger partial charge in [-0.25, -0.2) is 0 Å². The van der Waals surface area contributed by atoms with Crippen LogP contribution in [0.5, 0.6) is 0 Å². The van der Waals surface area contributed by atoms with E-state index in [1.807, 2.05) is 13.8 Å². The summed E-state index contributed by atoms with van der Waals surface area (Å²) in [6.07, 6.45) is 2.22. The second-order valence-electron chi connectivity index (χ2n) is 5.01. The summed E-state index contributed by atoms with van der Waals surface area (Å²) in [4.78, 5) is 13.8. The number of rotatable bonds is 3. The van der Waals surface area contributed by atoms with Gasteiger partial charge in [0.1, 0.15) is 0 Å². The van der Waals surface area contributed by atoms with Crippen molar-refractivity contribution in [2.24, 2.45) is 11.1 Å². The van der Waals surface area contributed by atoms with Crippen LogP contribution in [-0.2, 0) is 9.53 Å². The zero-order valence-electron chi connectivity index (χ0n) is 9.95. The average Bonchev–Trinajstić information content (AvgIpc) is 2.15.